The van der Waals surface area contributed by atoms with Gasteiger partial charge in [0.1, 0.15) is 5.52 Å². The smallest absolute Gasteiger partial charge is 0.211 e. The molecule has 0 unspecified atom stereocenters. The maximum Gasteiger partial charge on any atom is 0.211 e. The molecule has 0 bridgehead atoms. The normalized spacial score (nSPS) is 11.7. The lowest BCUT2D eigenvalue weighted by atomic mass is 10.2. The first kappa shape index (κ1) is 12.4. The molecule has 98 valence electrons. The second-order valence-corrected chi connectivity index (χ2v) is 5.68. The van der Waals surface area contributed by atoms with Crippen molar-refractivity contribution < 1.29 is 0 Å². The van der Waals surface area contributed by atoms with E-state index in [-0.39, 0.29) is 0 Å². The summed E-state index contributed by atoms with van der Waals surface area (Å²) in [5.74, 6) is 0.959. The van der Waals surface area contributed by atoms with Crippen LogP contribution in [0.1, 0.15) is 0 Å². The summed E-state index contributed by atoms with van der Waals surface area (Å²) in [6.45, 7) is 0.999. The molecule has 0 radical (unpaired) electrons. The van der Waals surface area contributed by atoms with Gasteiger partial charge in [-0.2, -0.15) is 0 Å². The van der Waals surface area contributed by atoms with Gasteiger partial charge in [0.25, 0.3) is 0 Å². The van der Waals surface area contributed by atoms with Crippen LogP contribution in [0.2, 0.25) is 0 Å². The summed E-state index contributed by atoms with van der Waals surface area (Å²) in [4.78, 5) is 9.95. The molecule has 6 heteroatoms. The van der Waals surface area contributed by atoms with Crippen molar-refractivity contribution in [3.63, 3.8) is 0 Å². The van der Waals surface area contributed by atoms with E-state index in [0.29, 0.717) is 0 Å². The monoisotopic (exact) mass is 273 g/mol. The summed E-state index contributed by atoms with van der Waals surface area (Å²) < 4.78 is 0. The van der Waals surface area contributed by atoms with Gasteiger partial charge in [-0.15, -0.1) is 10.2 Å². The first-order valence-electron chi connectivity index (χ1n) is 6.13. The minimum absolute atomic E-state index is 0.723. The summed E-state index contributed by atoms with van der Waals surface area (Å²) in [5, 5.41) is 10.3. The molecule has 2 heterocycles. The summed E-state index contributed by atoms with van der Waals surface area (Å²) in [6.07, 6.45) is 0. The minimum Gasteiger partial charge on any atom is -0.338 e. The lowest BCUT2D eigenvalue weighted by Crippen LogP contribution is -2.14. The molecule has 2 aromatic heterocycles. The largest absolute Gasteiger partial charge is 0.338 e. The Labute approximate surface area is 115 Å². The standard InChI is InChI=1S/C13H15N5S/c1-18(2)7-8-19-13-15-12-11(16-17-13)9-5-3-4-6-10(9)14-12/h3-6H,7-8H2,1-2H3,(H,14,15,17). The number of para-hydroxylation sites is 1. The molecule has 1 aromatic carbocycles. The highest BCUT2D eigenvalue weighted by Gasteiger charge is 2.08. The van der Waals surface area contributed by atoms with Crippen LogP contribution in [0.25, 0.3) is 22.1 Å². The molecule has 19 heavy (non-hydrogen) atoms. The summed E-state index contributed by atoms with van der Waals surface area (Å²) in [5.41, 5.74) is 2.70. The van der Waals surface area contributed by atoms with E-state index in [9.17, 15) is 0 Å². The Morgan fingerprint density at radius 1 is 1.21 bits per heavy atom. The Morgan fingerprint density at radius 3 is 2.89 bits per heavy atom. The van der Waals surface area contributed by atoms with E-state index >= 15 is 0 Å². The zero-order valence-electron chi connectivity index (χ0n) is 10.9. The van der Waals surface area contributed by atoms with Crippen LogP contribution >= 0.6 is 11.8 Å². The van der Waals surface area contributed by atoms with Gasteiger partial charge in [-0.25, -0.2) is 4.98 Å². The molecule has 0 atom stereocenters. The van der Waals surface area contributed by atoms with Crippen LogP contribution in [0.3, 0.4) is 0 Å². The average Bonchev–Trinajstić information content (AvgIpc) is 2.76. The Balaban J connectivity index is 1.90. The fraction of sp³-hybridized carbons (Fsp3) is 0.308. The second-order valence-electron chi connectivity index (χ2n) is 4.61. The van der Waals surface area contributed by atoms with E-state index in [0.717, 1.165) is 39.5 Å². The van der Waals surface area contributed by atoms with Gasteiger partial charge in [0, 0.05) is 23.2 Å². The van der Waals surface area contributed by atoms with Crippen LogP contribution in [0.5, 0.6) is 0 Å². The van der Waals surface area contributed by atoms with Gasteiger partial charge in [-0.3, -0.25) is 0 Å². The number of nitrogens with one attached hydrogen (secondary N) is 1. The maximum absolute atomic E-state index is 4.52. The number of nitrogens with zero attached hydrogens (tertiary/aromatic N) is 4. The highest BCUT2D eigenvalue weighted by Crippen LogP contribution is 2.22. The predicted octanol–water partition coefficient (Wildman–Crippen LogP) is 2.16. The third-order valence-corrected chi connectivity index (χ3v) is 3.69. The van der Waals surface area contributed by atoms with Crippen molar-refractivity contribution in [2.24, 2.45) is 0 Å². The molecule has 0 fully saturated rings. The fourth-order valence-electron chi connectivity index (χ4n) is 1.89. The number of H-pyrrole nitrogens is 1. The van der Waals surface area contributed by atoms with Crippen molar-refractivity contribution in [3.8, 4) is 0 Å². The summed E-state index contributed by atoms with van der Waals surface area (Å²) >= 11 is 1.63. The Hall–Kier alpha value is -1.66. The van der Waals surface area contributed by atoms with Gasteiger partial charge in [0.05, 0.1) is 0 Å². The van der Waals surface area contributed by atoms with Crippen LogP contribution < -0.4 is 0 Å². The molecule has 0 saturated carbocycles. The van der Waals surface area contributed by atoms with E-state index in [1.807, 2.05) is 24.3 Å². The number of fused-ring (bicyclic) bond motifs is 3. The van der Waals surface area contributed by atoms with Crippen LogP contribution in [0.15, 0.2) is 29.4 Å². The molecule has 0 saturated heterocycles. The quantitative estimate of drug-likeness (QED) is 0.738. The van der Waals surface area contributed by atoms with Crippen molar-refractivity contribution in [1.82, 2.24) is 25.1 Å². The number of benzene rings is 1. The molecule has 0 aliphatic carbocycles. The molecular weight excluding hydrogens is 258 g/mol. The minimum atomic E-state index is 0.723. The molecule has 0 aliphatic rings. The number of hydrogen-bond donors (Lipinski definition) is 1. The van der Waals surface area contributed by atoms with E-state index in [1.165, 1.54) is 0 Å². The number of rotatable bonds is 4. The fourth-order valence-corrected chi connectivity index (χ4v) is 2.78. The first-order valence-corrected chi connectivity index (χ1v) is 7.11. The average molecular weight is 273 g/mol. The van der Waals surface area contributed by atoms with Crippen molar-refractivity contribution in [1.29, 1.82) is 0 Å². The molecule has 3 rings (SSSR count). The predicted molar refractivity (Wildman–Crippen MR) is 78.5 cm³/mol. The summed E-state index contributed by atoms with van der Waals surface area (Å²) in [6, 6.07) is 8.05. The van der Waals surface area contributed by atoms with E-state index in [2.05, 4.69) is 39.2 Å². The third-order valence-electron chi connectivity index (χ3n) is 2.87. The first-order chi connectivity index (χ1) is 9.24. The van der Waals surface area contributed by atoms with Gasteiger partial charge in [0.15, 0.2) is 5.65 Å². The van der Waals surface area contributed by atoms with Gasteiger partial charge >= 0.3 is 0 Å². The molecule has 0 aliphatic heterocycles. The Bertz CT molecular complexity index is 706. The molecule has 5 nitrogen and oxygen atoms in total. The van der Waals surface area contributed by atoms with E-state index in [4.69, 9.17) is 0 Å². The van der Waals surface area contributed by atoms with Crippen LogP contribution in [0.4, 0.5) is 0 Å². The SMILES string of the molecule is CN(C)CCSc1nnc2c(n1)[nH]c1ccccc12. The van der Waals surface area contributed by atoms with Crippen LogP contribution in [0, 0.1) is 0 Å². The van der Waals surface area contributed by atoms with Crippen LogP contribution in [-0.4, -0.2) is 51.5 Å². The highest BCUT2D eigenvalue weighted by molar-refractivity contribution is 7.99. The maximum atomic E-state index is 4.52. The Kier molecular flexibility index (Phi) is 3.35. The number of hydrogen-bond acceptors (Lipinski definition) is 5. The van der Waals surface area contributed by atoms with Crippen molar-refractivity contribution in [2.45, 2.75) is 5.16 Å². The third kappa shape index (κ3) is 2.54. The topological polar surface area (TPSA) is 57.7 Å². The van der Waals surface area contributed by atoms with E-state index in [1.54, 1.807) is 11.8 Å². The van der Waals surface area contributed by atoms with E-state index < -0.39 is 0 Å². The zero-order valence-corrected chi connectivity index (χ0v) is 11.7. The number of thioether (sulfide) groups is 1. The van der Waals surface area contributed by atoms with Crippen molar-refractivity contribution >= 4 is 33.8 Å². The second kappa shape index (κ2) is 5.14. The van der Waals surface area contributed by atoms with Crippen LogP contribution in [-0.2, 0) is 0 Å². The number of aromatic amines is 1. The highest BCUT2D eigenvalue weighted by atomic mass is 32.2. The van der Waals surface area contributed by atoms with Gasteiger partial charge in [0.2, 0.25) is 5.16 Å². The zero-order chi connectivity index (χ0) is 13.2. The molecule has 0 spiro atoms. The molecular formula is C13H15N5S. The van der Waals surface area contributed by atoms with Crippen molar-refractivity contribution in [3.05, 3.63) is 24.3 Å². The van der Waals surface area contributed by atoms with Gasteiger partial charge < -0.3 is 9.88 Å². The lowest BCUT2D eigenvalue weighted by molar-refractivity contribution is 0.437. The number of aromatic nitrogens is 4. The molecule has 0 amide bonds. The molecule has 1 N–H and O–H groups in total. The summed E-state index contributed by atoms with van der Waals surface area (Å²) in [7, 11) is 4.11. The Morgan fingerprint density at radius 2 is 2.05 bits per heavy atom. The van der Waals surface area contributed by atoms with Gasteiger partial charge in [-0.05, 0) is 20.2 Å². The van der Waals surface area contributed by atoms with Crippen molar-refractivity contribution in [2.75, 3.05) is 26.4 Å². The van der Waals surface area contributed by atoms with Gasteiger partial charge in [-0.1, -0.05) is 30.0 Å². The lowest BCUT2D eigenvalue weighted by Gasteiger charge is -2.07. The molecule has 3 aromatic rings.